The molecule has 1 amide bonds. The van der Waals surface area contributed by atoms with Crippen molar-refractivity contribution < 1.29 is 4.79 Å². The van der Waals surface area contributed by atoms with E-state index in [1.807, 2.05) is 4.90 Å². The van der Waals surface area contributed by atoms with Crippen LogP contribution in [0.25, 0.3) is 0 Å². The number of hydrogen-bond acceptors (Lipinski definition) is 2. The summed E-state index contributed by atoms with van der Waals surface area (Å²) in [6, 6.07) is 0. The zero-order valence-electron chi connectivity index (χ0n) is 13.8. The van der Waals surface area contributed by atoms with E-state index in [0.29, 0.717) is 6.54 Å². The number of carbonyl (C=O) groups excluding carboxylic acids is 1. The van der Waals surface area contributed by atoms with Crippen LogP contribution in [-0.4, -0.2) is 61.4 Å². The summed E-state index contributed by atoms with van der Waals surface area (Å²) in [6.45, 7) is 8.89. The number of carbonyl (C=O) groups is 1. The summed E-state index contributed by atoms with van der Waals surface area (Å²) in [7, 11) is 1.80. The first-order valence-corrected chi connectivity index (χ1v) is 8.33. The maximum absolute atomic E-state index is 12.1. The first kappa shape index (κ1) is 16.1. The second-order valence-electron chi connectivity index (χ2n) is 6.72. The number of hydrogen-bond donors (Lipinski definition) is 1. The van der Waals surface area contributed by atoms with Gasteiger partial charge in [-0.15, -0.1) is 0 Å². The van der Waals surface area contributed by atoms with Gasteiger partial charge >= 0.3 is 0 Å². The third kappa shape index (κ3) is 4.61. The summed E-state index contributed by atoms with van der Waals surface area (Å²) in [5, 5.41) is 3.25. The summed E-state index contributed by atoms with van der Waals surface area (Å²) in [6.07, 6.45) is 4.80. The molecule has 1 atom stereocenters. The van der Waals surface area contributed by atoms with E-state index in [0.717, 1.165) is 56.8 Å². The number of nitrogens with one attached hydrogen (secondary N) is 1. The molecule has 21 heavy (non-hydrogen) atoms. The second kappa shape index (κ2) is 7.66. The van der Waals surface area contributed by atoms with Gasteiger partial charge in [0.2, 0.25) is 5.91 Å². The number of rotatable bonds is 4. The van der Waals surface area contributed by atoms with E-state index in [-0.39, 0.29) is 5.91 Å². The van der Waals surface area contributed by atoms with Crippen LogP contribution in [0.2, 0.25) is 0 Å². The molecule has 5 nitrogen and oxygen atoms in total. The van der Waals surface area contributed by atoms with Gasteiger partial charge in [0.1, 0.15) is 0 Å². The monoisotopic (exact) mass is 294 g/mol. The second-order valence-corrected chi connectivity index (χ2v) is 6.72. The van der Waals surface area contributed by atoms with E-state index < -0.39 is 0 Å². The Morgan fingerprint density at radius 3 is 2.57 bits per heavy atom. The highest BCUT2D eigenvalue weighted by molar-refractivity contribution is 5.86. The van der Waals surface area contributed by atoms with Gasteiger partial charge in [-0.2, -0.15) is 0 Å². The Labute approximate surface area is 128 Å². The molecule has 0 bridgehead atoms. The van der Waals surface area contributed by atoms with E-state index in [9.17, 15) is 4.79 Å². The lowest BCUT2D eigenvalue weighted by atomic mass is 9.97. The maximum Gasteiger partial charge on any atom is 0.241 e. The summed E-state index contributed by atoms with van der Waals surface area (Å²) < 4.78 is 0. The molecule has 0 aromatic heterocycles. The smallest absolute Gasteiger partial charge is 0.241 e. The van der Waals surface area contributed by atoms with E-state index in [1.54, 1.807) is 7.05 Å². The van der Waals surface area contributed by atoms with E-state index in [2.05, 4.69) is 29.1 Å². The van der Waals surface area contributed by atoms with E-state index >= 15 is 0 Å². The van der Waals surface area contributed by atoms with Crippen molar-refractivity contribution in [2.75, 3.05) is 39.8 Å². The van der Waals surface area contributed by atoms with E-state index in [4.69, 9.17) is 0 Å². The van der Waals surface area contributed by atoms with Gasteiger partial charge in [-0.25, -0.2) is 0 Å². The predicted molar refractivity (Wildman–Crippen MR) is 86.3 cm³/mol. The van der Waals surface area contributed by atoms with Gasteiger partial charge in [0, 0.05) is 33.2 Å². The zero-order chi connectivity index (χ0) is 15.2. The Hall–Kier alpha value is -1.26. The highest BCUT2D eigenvalue weighted by atomic mass is 16.2. The Kier molecular flexibility index (Phi) is 5.88. The summed E-state index contributed by atoms with van der Waals surface area (Å²) in [5.74, 6) is 2.60. The number of amides is 1. The molecule has 2 aliphatic rings. The fraction of sp³-hybridized carbons (Fsp3) is 0.875. The third-order valence-electron chi connectivity index (χ3n) is 4.46. The van der Waals surface area contributed by atoms with Crippen LogP contribution in [0.1, 0.15) is 39.5 Å². The van der Waals surface area contributed by atoms with Crippen molar-refractivity contribution in [1.82, 2.24) is 15.1 Å². The highest BCUT2D eigenvalue weighted by Gasteiger charge is 2.26. The number of nitrogens with zero attached hydrogens (tertiary/aromatic N) is 3. The third-order valence-corrected chi connectivity index (χ3v) is 4.46. The van der Waals surface area contributed by atoms with Gasteiger partial charge in [0.25, 0.3) is 0 Å². The molecule has 2 fully saturated rings. The Balaban J connectivity index is 1.77. The average Bonchev–Trinajstić information content (AvgIpc) is 3.10. The lowest BCUT2D eigenvalue weighted by molar-refractivity contribution is -0.128. The van der Waals surface area contributed by atoms with Crippen LogP contribution in [0.3, 0.4) is 0 Å². The van der Waals surface area contributed by atoms with Crippen molar-refractivity contribution >= 4 is 11.9 Å². The molecule has 2 saturated heterocycles. The maximum atomic E-state index is 12.1. The van der Waals surface area contributed by atoms with Crippen LogP contribution in [0.15, 0.2) is 4.99 Å². The molecule has 0 aliphatic carbocycles. The number of aliphatic imine (C=N–C) groups is 1. The molecule has 0 aromatic rings. The van der Waals surface area contributed by atoms with Gasteiger partial charge in [0.05, 0.1) is 6.54 Å². The lowest BCUT2D eigenvalue weighted by Gasteiger charge is -2.23. The average molecular weight is 294 g/mol. The first-order chi connectivity index (χ1) is 10.1. The Morgan fingerprint density at radius 2 is 1.95 bits per heavy atom. The number of likely N-dealkylation sites (tertiary alicyclic amines) is 2. The minimum absolute atomic E-state index is 0.201. The minimum atomic E-state index is 0.201. The molecule has 5 heteroatoms. The summed E-state index contributed by atoms with van der Waals surface area (Å²) in [4.78, 5) is 20.7. The van der Waals surface area contributed by atoms with Crippen LogP contribution in [0, 0.1) is 11.8 Å². The molecule has 2 rings (SSSR count). The molecular formula is C16H30N4O. The van der Waals surface area contributed by atoms with Gasteiger partial charge in [-0.05, 0) is 37.5 Å². The Bertz CT molecular complexity index is 374. The van der Waals surface area contributed by atoms with Crippen molar-refractivity contribution in [3.8, 4) is 0 Å². The van der Waals surface area contributed by atoms with Crippen LogP contribution in [-0.2, 0) is 4.79 Å². The van der Waals surface area contributed by atoms with Crippen molar-refractivity contribution in [3.63, 3.8) is 0 Å². The van der Waals surface area contributed by atoms with E-state index in [1.165, 1.54) is 12.8 Å². The predicted octanol–water partition coefficient (Wildman–Crippen LogP) is 1.55. The lowest BCUT2D eigenvalue weighted by Crippen LogP contribution is -2.45. The van der Waals surface area contributed by atoms with Crippen molar-refractivity contribution in [2.24, 2.45) is 16.8 Å². The van der Waals surface area contributed by atoms with Crippen molar-refractivity contribution in [1.29, 1.82) is 0 Å². The standard InChI is InChI=1S/C16H30N4O/c1-13(2)10-14-6-9-20(12-14)16(17-3)18-11-15(21)19-7-4-5-8-19/h13-14H,4-12H2,1-3H3,(H,17,18). The quantitative estimate of drug-likeness (QED) is 0.632. The van der Waals surface area contributed by atoms with Gasteiger partial charge in [-0.1, -0.05) is 13.8 Å². The molecular weight excluding hydrogens is 264 g/mol. The van der Waals surface area contributed by atoms with Gasteiger partial charge in [0.15, 0.2) is 5.96 Å². The molecule has 0 radical (unpaired) electrons. The molecule has 2 heterocycles. The summed E-state index contributed by atoms with van der Waals surface area (Å²) >= 11 is 0. The minimum Gasteiger partial charge on any atom is -0.347 e. The van der Waals surface area contributed by atoms with Gasteiger partial charge < -0.3 is 15.1 Å². The normalized spacial score (nSPS) is 23.2. The first-order valence-electron chi connectivity index (χ1n) is 8.33. The molecule has 0 saturated carbocycles. The van der Waals surface area contributed by atoms with Crippen molar-refractivity contribution in [2.45, 2.75) is 39.5 Å². The van der Waals surface area contributed by atoms with Crippen LogP contribution in [0.5, 0.6) is 0 Å². The summed E-state index contributed by atoms with van der Waals surface area (Å²) in [5.41, 5.74) is 0. The van der Waals surface area contributed by atoms with Crippen LogP contribution < -0.4 is 5.32 Å². The SMILES string of the molecule is CN=C(NCC(=O)N1CCCC1)N1CCC(CC(C)C)C1. The molecule has 120 valence electrons. The molecule has 0 spiro atoms. The zero-order valence-corrected chi connectivity index (χ0v) is 13.8. The van der Waals surface area contributed by atoms with Gasteiger partial charge in [-0.3, -0.25) is 9.79 Å². The fourth-order valence-corrected chi connectivity index (χ4v) is 3.45. The fourth-order valence-electron chi connectivity index (χ4n) is 3.45. The molecule has 2 aliphatic heterocycles. The highest BCUT2D eigenvalue weighted by Crippen LogP contribution is 2.23. The molecule has 0 aromatic carbocycles. The largest absolute Gasteiger partial charge is 0.347 e. The topological polar surface area (TPSA) is 47.9 Å². The molecule has 1 unspecified atom stereocenters. The van der Waals surface area contributed by atoms with Crippen molar-refractivity contribution in [3.05, 3.63) is 0 Å². The molecule has 1 N–H and O–H groups in total. The van der Waals surface area contributed by atoms with Crippen LogP contribution >= 0.6 is 0 Å². The van der Waals surface area contributed by atoms with Crippen LogP contribution in [0.4, 0.5) is 0 Å². The number of guanidine groups is 1. The Morgan fingerprint density at radius 1 is 1.24 bits per heavy atom.